The van der Waals surface area contributed by atoms with E-state index in [1.165, 1.54) is 22.9 Å². The van der Waals surface area contributed by atoms with Crippen molar-refractivity contribution in [2.24, 2.45) is 0 Å². The zero-order chi connectivity index (χ0) is 34.6. The van der Waals surface area contributed by atoms with Gasteiger partial charge in [-0.1, -0.05) is 42.5 Å². The van der Waals surface area contributed by atoms with Gasteiger partial charge in [0.2, 0.25) is 5.91 Å². The van der Waals surface area contributed by atoms with Crippen LogP contribution in [0.25, 0.3) is 11.3 Å². The number of nitrogens with two attached hydrogens (primary N) is 1. The molecule has 0 saturated carbocycles. The first kappa shape index (κ1) is 34.7. The lowest BCUT2D eigenvalue weighted by atomic mass is 10.1. The summed E-state index contributed by atoms with van der Waals surface area (Å²) in [6.07, 6.45) is 0.520. The fourth-order valence-electron chi connectivity index (χ4n) is 4.42. The number of para-hydroxylation sites is 1. The second-order valence-electron chi connectivity index (χ2n) is 10.8. The Kier molecular flexibility index (Phi) is 11.9. The van der Waals surface area contributed by atoms with Gasteiger partial charge in [0.05, 0.1) is 18.5 Å². The standard InChI is InChI=1S/C34H37N7O7/c1-4-46-34(45)48-27-15-24(14-25(35)16-27)28-18-38-32(39-21(2)3)33(44)41(28)19-29(42)37-17-22-10-12-23(13-11-22)31(36)40-30(43)20-47-26-8-6-5-7-9-26/h5-16,18,21H,4,17,19-20,35H2,1-3H3,(H,37,42)(H,38,39)(H2,36,40,43). The smallest absolute Gasteiger partial charge is 0.484 e. The summed E-state index contributed by atoms with van der Waals surface area (Å²) in [6.45, 7) is 5.00. The molecule has 0 fully saturated rings. The molecule has 14 heteroatoms. The minimum atomic E-state index is -0.913. The Morgan fingerprint density at radius 3 is 2.40 bits per heavy atom. The van der Waals surface area contributed by atoms with Crippen LogP contribution in [0.3, 0.4) is 0 Å². The van der Waals surface area contributed by atoms with E-state index in [-0.39, 0.29) is 61.1 Å². The average molecular weight is 656 g/mol. The number of aromatic nitrogens is 2. The van der Waals surface area contributed by atoms with Crippen LogP contribution >= 0.6 is 0 Å². The van der Waals surface area contributed by atoms with Crippen LogP contribution in [-0.4, -0.2) is 52.6 Å². The van der Waals surface area contributed by atoms with Gasteiger partial charge in [0.15, 0.2) is 12.4 Å². The first-order valence-electron chi connectivity index (χ1n) is 15.1. The molecule has 0 atom stereocenters. The first-order valence-corrected chi connectivity index (χ1v) is 15.1. The van der Waals surface area contributed by atoms with Gasteiger partial charge in [-0.3, -0.25) is 24.4 Å². The van der Waals surface area contributed by atoms with Gasteiger partial charge >= 0.3 is 6.16 Å². The van der Waals surface area contributed by atoms with Crippen LogP contribution in [0.15, 0.2) is 83.8 Å². The van der Waals surface area contributed by atoms with Crippen molar-refractivity contribution in [2.45, 2.75) is 39.9 Å². The molecule has 0 unspecified atom stereocenters. The van der Waals surface area contributed by atoms with Crippen LogP contribution < -0.4 is 36.7 Å². The van der Waals surface area contributed by atoms with Crippen molar-refractivity contribution in [2.75, 3.05) is 24.3 Å². The van der Waals surface area contributed by atoms with Crippen molar-refractivity contribution >= 4 is 35.3 Å². The van der Waals surface area contributed by atoms with Crippen LogP contribution in [-0.2, 0) is 27.4 Å². The Morgan fingerprint density at radius 1 is 0.979 bits per heavy atom. The molecule has 1 aromatic heterocycles. The van der Waals surface area contributed by atoms with E-state index >= 15 is 0 Å². The molecular weight excluding hydrogens is 618 g/mol. The van der Waals surface area contributed by atoms with E-state index in [1.54, 1.807) is 61.5 Å². The molecular formula is C34H37N7O7. The summed E-state index contributed by atoms with van der Waals surface area (Å²) in [5.41, 5.74) is 7.61. The van der Waals surface area contributed by atoms with Gasteiger partial charge in [-0.05, 0) is 50.6 Å². The maximum atomic E-state index is 13.5. The monoisotopic (exact) mass is 655 g/mol. The number of ether oxygens (including phenoxy) is 3. The molecule has 0 spiro atoms. The van der Waals surface area contributed by atoms with Crippen LogP contribution in [0.2, 0.25) is 0 Å². The van der Waals surface area contributed by atoms with Crippen LogP contribution in [0, 0.1) is 5.41 Å². The van der Waals surface area contributed by atoms with E-state index in [0.29, 0.717) is 16.9 Å². The van der Waals surface area contributed by atoms with Crippen LogP contribution in [0.4, 0.5) is 16.3 Å². The van der Waals surface area contributed by atoms with E-state index < -0.39 is 23.5 Å². The number of amidine groups is 1. The van der Waals surface area contributed by atoms with Gasteiger partial charge in [-0.25, -0.2) is 9.78 Å². The highest BCUT2D eigenvalue weighted by molar-refractivity contribution is 6.06. The van der Waals surface area contributed by atoms with Gasteiger partial charge in [0.1, 0.15) is 23.9 Å². The second-order valence-corrected chi connectivity index (χ2v) is 10.8. The van der Waals surface area contributed by atoms with Crippen molar-refractivity contribution in [3.05, 3.63) is 100 Å². The number of hydrogen-bond donors (Lipinski definition) is 5. The molecule has 0 saturated heterocycles. The number of anilines is 2. The number of nitrogen functional groups attached to an aromatic ring is 1. The largest absolute Gasteiger partial charge is 0.513 e. The van der Waals surface area contributed by atoms with Crippen molar-refractivity contribution in [1.29, 1.82) is 5.41 Å². The van der Waals surface area contributed by atoms with Crippen LogP contribution in [0.1, 0.15) is 31.9 Å². The van der Waals surface area contributed by atoms with Gasteiger partial charge in [0.25, 0.3) is 11.5 Å². The van der Waals surface area contributed by atoms with Crippen molar-refractivity contribution < 1.29 is 28.6 Å². The molecule has 0 aliphatic rings. The molecule has 0 aliphatic carbocycles. The van der Waals surface area contributed by atoms with Crippen molar-refractivity contribution in [1.82, 2.24) is 20.2 Å². The van der Waals surface area contributed by atoms with Crippen molar-refractivity contribution in [3.8, 4) is 22.8 Å². The van der Waals surface area contributed by atoms with E-state index in [4.69, 9.17) is 25.4 Å². The summed E-state index contributed by atoms with van der Waals surface area (Å²) in [5, 5.41) is 16.5. The number of hydrogen-bond acceptors (Lipinski definition) is 11. The Morgan fingerprint density at radius 2 is 1.71 bits per heavy atom. The zero-order valence-corrected chi connectivity index (χ0v) is 26.7. The Bertz CT molecular complexity index is 1820. The van der Waals surface area contributed by atoms with Gasteiger partial charge < -0.3 is 35.9 Å². The van der Waals surface area contributed by atoms with Crippen LogP contribution in [0.5, 0.6) is 11.5 Å². The third-order valence-electron chi connectivity index (χ3n) is 6.58. The molecule has 1 heterocycles. The fourth-order valence-corrected chi connectivity index (χ4v) is 4.42. The Hall–Kier alpha value is -6.18. The molecule has 4 rings (SSSR count). The molecule has 250 valence electrons. The summed E-state index contributed by atoms with van der Waals surface area (Å²) in [4.78, 5) is 55.0. The Labute approximate surface area is 276 Å². The highest BCUT2D eigenvalue weighted by Crippen LogP contribution is 2.27. The summed E-state index contributed by atoms with van der Waals surface area (Å²) >= 11 is 0. The lowest BCUT2D eigenvalue weighted by Crippen LogP contribution is -2.35. The highest BCUT2D eigenvalue weighted by Gasteiger charge is 2.18. The van der Waals surface area contributed by atoms with Gasteiger partial charge in [-0.15, -0.1) is 0 Å². The third-order valence-corrected chi connectivity index (χ3v) is 6.58. The van der Waals surface area contributed by atoms with E-state index in [1.807, 2.05) is 19.9 Å². The molecule has 48 heavy (non-hydrogen) atoms. The van der Waals surface area contributed by atoms with E-state index in [0.717, 1.165) is 5.56 Å². The average Bonchev–Trinajstić information content (AvgIpc) is 3.05. The molecule has 2 amide bonds. The number of carbonyl (C=O) groups excluding carboxylic acids is 3. The minimum Gasteiger partial charge on any atom is -0.484 e. The molecule has 3 aromatic carbocycles. The predicted octanol–water partition coefficient (Wildman–Crippen LogP) is 3.69. The first-order chi connectivity index (χ1) is 23.0. The minimum absolute atomic E-state index is 0.0604. The third kappa shape index (κ3) is 9.91. The molecule has 6 N–H and O–H groups in total. The summed E-state index contributed by atoms with van der Waals surface area (Å²) in [5.74, 6) is -0.339. The number of amides is 2. The lowest BCUT2D eigenvalue weighted by Gasteiger charge is -2.17. The van der Waals surface area contributed by atoms with E-state index in [9.17, 15) is 19.2 Å². The molecule has 0 radical (unpaired) electrons. The second kappa shape index (κ2) is 16.4. The highest BCUT2D eigenvalue weighted by atomic mass is 16.7. The maximum absolute atomic E-state index is 13.5. The molecule has 0 aliphatic heterocycles. The fraction of sp³-hybridized carbons (Fsp3) is 0.235. The number of nitrogens with one attached hydrogen (secondary N) is 4. The zero-order valence-electron chi connectivity index (χ0n) is 26.7. The molecule has 0 bridgehead atoms. The number of nitrogens with zero attached hydrogens (tertiary/aromatic N) is 2. The van der Waals surface area contributed by atoms with Gasteiger partial charge in [-0.2, -0.15) is 0 Å². The number of benzene rings is 3. The molecule has 4 aromatic rings. The number of rotatable bonds is 13. The summed E-state index contributed by atoms with van der Waals surface area (Å²) in [7, 11) is 0. The van der Waals surface area contributed by atoms with Gasteiger partial charge in [0, 0.05) is 35.5 Å². The lowest BCUT2D eigenvalue weighted by molar-refractivity contribution is -0.122. The predicted molar refractivity (Wildman–Crippen MR) is 180 cm³/mol. The SMILES string of the molecule is CCOC(=O)Oc1cc(N)cc(-c2cnc(NC(C)C)c(=O)n2CC(=O)NCc2ccc(C(=N)NC(=O)COc3ccccc3)cc2)c1. The van der Waals surface area contributed by atoms with Crippen molar-refractivity contribution in [3.63, 3.8) is 0 Å². The Balaban J connectivity index is 1.43. The topological polar surface area (TPSA) is 200 Å². The summed E-state index contributed by atoms with van der Waals surface area (Å²) in [6, 6.07) is 20.0. The quantitative estimate of drug-likeness (QED) is 0.0465. The molecule has 14 nitrogen and oxygen atoms in total. The summed E-state index contributed by atoms with van der Waals surface area (Å²) < 4.78 is 16.7. The van der Waals surface area contributed by atoms with E-state index in [2.05, 4.69) is 20.9 Å². The maximum Gasteiger partial charge on any atom is 0.513 e. The normalized spacial score (nSPS) is 10.6. The number of carbonyl (C=O) groups is 3.